The standard InChI is InChI=1S/C18H15Br2N3OS/c1-10(17(24)22-15-7-13(19)6-14(20)8-15)25-18-12(9-21)4-5-16(23-18)11-2-3-11/h4-8,10-11H,2-3H2,1H3,(H,22,24). The summed E-state index contributed by atoms with van der Waals surface area (Å²) in [6, 6.07) is 11.5. The summed E-state index contributed by atoms with van der Waals surface area (Å²) in [6.45, 7) is 1.82. The van der Waals surface area contributed by atoms with Crippen LogP contribution in [0.25, 0.3) is 0 Å². The number of nitriles is 1. The molecule has 4 nitrogen and oxygen atoms in total. The molecule has 1 unspecified atom stereocenters. The van der Waals surface area contributed by atoms with Gasteiger partial charge in [0.1, 0.15) is 11.1 Å². The van der Waals surface area contributed by atoms with E-state index >= 15 is 0 Å². The van der Waals surface area contributed by atoms with E-state index in [4.69, 9.17) is 0 Å². The van der Waals surface area contributed by atoms with Crippen LogP contribution in [-0.4, -0.2) is 16.1 Å². The second-order valence-corrected chi connectivity index (χ2v) is 9.04. The third-order valence-electron chi connectivity index (χ3n) is 3.79. The van der Waals surface area contributed by atoms with Crippen LogP contribution < -0.4 is 5.32 Å². The Morgan fingerprint density at radius 1 is 1.32 bits per heavy atom. The smallest absolute Gasteiger partial charge is 0.237 e. The predicted octanol–water partition coefficient (Wildman–Crippen LogP) is 5.47. The molecule has 128 valence electrons. The molecule has 1 N–H and O–H groups in total. The normalized spacial score (nSPS) is 14.6. The molecule has 1 aliphatic carbocycles. The number of pyridine rings is 1. The van der Waals surface area contributed by atoms with Gasteiger partial charge in [-0.15, -0.1) is 0 Å². The molecule has 0 saturated heterocycles. The zero-order valence-corrected chi connectivity index (χ0v) is 17.4. The fourth-order valence-corrected chi connectivity index (χ4v) is 4.52. The molecule has 3 rings (SSSR count). The Morgan fingerprint density at radius 3 is 2.60 bits per heavy atom. The Bertz CT molecular complexity index is 842. The third-order valence-corrected chi connectivity index (χ3v) is 5.80. The zero-order valence-electron chi connectivity index (χ0n) is 13.4. The first-order valence-electron chi connectivity index (χ1n) is 7.81. The van der Waals surface area contributed by atoms with Crippen molar-refractivity contribution in [1.82, 2.24) is 4.98 Å². The average molecular weight is 481 g/mol. The fourth-order valence-electron chi connectivity index (χ4n) is 2.33. The SMILES string of the molecule is CC(Sc1nc(C2CC2)ccc1C#N)C(=O)Nc1cc(Br)cc(Br)c1. The molecule has 7 heteroatoms. The lowest BCUT2D eigenvalue weighted by molar-refractivity contribution is -0.115. The molecule has 0 spiro atoms. The molecule has 1 amide bonds. The molecule has 1 aromatic carbocycles. The average Bonchev–Trinajstić information content (AvgIpc) is 3.38. The molecule has 0 aliphatic heterocycles. The number of thioether (sulfide) groups is 1. The van der Waals surface area contributed by atoms with Gasteiger partial charge in [-0.2, -0.15) is 5.26 Å². The molecule has 1 heterocycles. The number of benzene rings is 1. The summed E-state index contributed by atoms with van der Waals surface area (Å²) in [5.74, 6) is 0.382. The van der Waals surface area contributed by atoms with Crippen molar-refractivity contribution in [2.75, 3.05) is 5.32 Å². The van der Waals surface area contributed by atoms with Gasteiger partial charge in [0.15, 0.2) is 0 Å². The molecule has 0 radical (unpaired) electrons. The number of carbonyl (C=O) groups is 1. The summed E-state index contributed by atoms with van der Waals surface area (Å²) in [5, 5.41) is 12.5. The minimum absolute atomic E-state index is 0.127. The molecule has 1 saturated carbocycles. The number of rotatable bonds is 5. The second kappa shape index (κ2) is 7.90. The van der Waals surface area contributed by atoms with Gasteiger partial charge >= 0.3 is 0 Å². The Morgan fingerprint density at radius 2 is 2.00 bits per heavy atom. The number of anilines is 1. The highest BCUT2D eigenvalue weighted by Crippen LogP contribution is 2.40. The number of amides is 1. The van der Waals surface area contributed by atoms with Crippen LogP contribution >= 0.6 is 43.6 Å². The molecule has 1 aromatic heterocycles. The molecule has 1 fully saturated rings. The number of nitrogens with one attached hydrogen (secondary N) is 1. The molecular formula is C18H15Br2N3OS. The maximum absolute atomic E-state index is 12.5. The van der Waals surface area contributed by atoms with Crippen LogP contribution in [0.1, 0.15) is 36.9 Å². The number of hydrogen-bond donors (Lipinski definition) is 1. The van der Waals surface area contributed by atoms with Crippen molar-refractivity contribution in [3.05, 3.63) is 50.5 Å². The Kier molecular flexibility index (Phi) is 5.82. The minimum Gasteiger partial charge on any atom is -0.325 e. The Hall–Kier alpha value is -1.36. The lowest BCUT2D eigenvalue weighted by atomic mass is 10.2. The van der Waals surface area contributed by atoms with Gasteiger partial charge in [-0.1, -0.05) is 43.6 Å². The Balaban J connectivity index is 1.72. The van der Waals surface area contributed by atoms with Crippen molar-refractivity contribution in [3.63, 3.8) is 0 Å². The first-order valence-corrected chi connectivity index (χ1v) is 10.3. The van der Waals surface area contributed by atoms with E-state index in [1.807, 2.05) is 31.2 Å². The van der Waals surface area contributed by atoms with E-state index in [1.54, 1.807) is 6.07 Å². The molecule has 1 atom stereocenters. The summed E-state index contributed by atoms with van der Waals surface area (Å²) >= 11 is 8.14. The largest absolute Gasteiger partial charge is 0.325 e. The van der Waals surface area contributed by atoms with Crippen LogP contribution in [0.4, 0.5) is 5.69 Å². The molecule has 1 aliphatic rings. The number of halogens is 2. The van der Waals surface area contributed by atoms with Crippen LogP contribution in [0, 0.1) is 11.3 Å². The van der Waals surface area contributed by atoms with Gasteiger partial charge in [-0.05, 0) is 50.1 Å². The second-order valence-electron chi connectivity index (χ2n) is 5.88. The van der Waals surface area contributed by atoms with E-state index in [-0.39, 0.29) is 11.2 Å². The highest BCUT2D eigenvalue weighted by atomic mass is 79.9. The van der Waals surface area contributed by atoms with Crippen molar-refractivity contribution < 1.29 is 4.79 Å². The summed E-state index contributed by atoms with van der Waals surface area (Å²) in [7, 11) is 0. The number of carbonyl (C=O) groups excluding carboxylic acids is 1. The van der Waals surface area contributed by atoms with E-state index in [9.17, 15) is 10.1 Å². The van der Waals surface area contributed by atoms with E-state index < -0.39 is 0 Å². The van der Waals surface area contributed by atoms with Gasteiger partial charge in [0.25, 0.3) is 0 Å². The zero-order chi connectivity index (χ0) is 18.0. The fraction of sp³-hybridized carbons (Fsp3) is 0.278. The molecule has 0 bridgehead atoms. The van der Waals surface area contributed by atoms with E-state index in [1.165, 1.54) is 11.8 Å². The van der Waals surface area contributed by atoms with E-state index in [0.717, 1.165) is 27.5 Å². The van der Waals surface area contributed by atoms with Gasteiger partial charge in [-0.3, -0.25) is 4.79 Å². The predicted molar refractivity (Wildman–Crippen MR) is 107 cm³/mol. The van der Waals surface area contributed by atoms with Crippen molar-refractivity contribution in [2.45, 2.75) is 36.0 Å². The van der Waals surface area contributed by atoms with Crippen LogP contribution in [-0.2, 0) is 4.79 Å². The maximum Gasteiger partial charge on any atom is 0.237 e. The van der Waals surface area contributed by atoms with Gasteiger partial charge in [-0.25, -0.2) is 4.98 Å². The molecule has 25 heavy (non-hydrogen) atoms. The topological polar surface area (TPSA) is 65.8 Å². The highest BCUT2D eigenvalue weighted by molar-refractivity contribution is 9.11. The van der Waals surface area contributed by atoms with E-state index in [2.05, 4.69) is 48.2 Å². The summed E-state index contributed by atoms with van der Waals surface area (Å²) < 4.78 is 1.76. The summed E-state index contributed by atoms with van der Waals surface area (Å²) in [4.78, 5) is 17.1. The molecular weight excluding hydrogens is 466 g/mol. The van der Waals surface area contributed by atoms with Gasteiger partial charge in [0.2, 0.25) is 5.91 Å². The minimum atomic E-state index is -0.369. The first-order chi connectivity index (χ1) is 12.0. The highest BCUT2D eigenvalue weighted by Gasteiger charge is 2.26. The lowest BCUT2D eigenvalue weighted by Crippen LogP contribution is -2.22. The monoisotopic (exact) mass is 479 g/mol. The summed E-state index contributed by atoms with van der Waals surface area (Å²) in [5.41, 5.74) is 2.24. The van der Waals surface area contributed by atoms with Crippen molar-refractivity contribution in [1.29, 1.82) is 5.26 Å². The quantitative estimate of drug-likeness (QED) is 0.575. The van der Waals surface area contributed by atoms with Crippen LogP contribution in [0.2, 0.25) is 0 Å². The van der Waals surface area contributed by atoms with Gasteiger partial charge < -0.3 is 5.32 Å². The maximum atomic E-state index is 12.5. The van der Waals surface area contributed by atoms with Crippen LogP contribution in [0.5, 0.6) is 0 Å². The number of aromatic nitrogens is 1. The van der Waals surface area contributed by atoms with Crippen LogP contribution in [0.3, 0.4) is 0 Å². The van der Waals surface area contributed by atoms with E-state index in [0.29, 0.717) is 22.2 Å². The third kappa shape index (κ3) is 4.84. The number of nitrogens with zero attached hydrogens (tertiary/aromatic N) is 2. The van der Waals surface area contributed by atoms with Gasteiger partial charge in [0, 0.05) is 26.2 Å². The first kappa shape index (κ1) is 18.4. The molecule has 2 aromatic rings. The van der Waals surface area contributed by atoms with Crippen molar-refractivity contribution in [2.24, 2.45) is 0 Å². The van der Waals surface area contributed by atoms with Crippen molar-refractivity contribution in [3.8, 4) is 6.07 Å². The summed E-state index contributed by atoms with van der Waals surface area (Å²) in [6.07, 6.45) is 2.30. The Labute approximate surface area is 167 Å². The van der Waals surface area contributed by atoms with Crippen molar-refractivity contribution >= 4 is 55.2 Å². The van der Waals surface area contributed by atoms with Crippen LogP contribution in [0.15, 0.2) is 44.3 Å². The number of hydrogen-bond acceptors (Lipinski definition) is 4. The van der Waals surface area contributed by atoms with Gasteiger partial charge in [0.05, 0.1) is 10.8 Å². The lowest BCUT2D eigenvalue weighted by Gasteiger charge is -2.13.